The number of thioether (sulfide) groups is 1. The first kappa shape index (κ1) is 26.0. The molecule has 1 N–H and O–H groups in total. The molecule has 1 spiro atoms. The number of esters is 1. The van der Waals surface area contributed by atoms with Crippen LogP contribution in [0, 0.1) is 31.6 Å². The minimum absolute atomic E-state index is 0.0311. The highest BCUT2D eigenvalue weighted by atomic mass is 32.2. The van der Waals surface area contributed by atoms with E-state index >= 15 is 0 Å². The summed E-state index contributed by atoms with van der Waals surface area (Å²) >= 11 is 1.53. The summed E-state index contributed by atoms with van der Waals surface area (Å²) in [5, 5.41) is 10.5. The van der Waals surface area contributed by atoms with Crippen molar-refractivity contribution in [1.29, 1.82) is 0 Å². The standard InChI is InChI=1S/C29H36N2O5S/c1-6-18(3)21(16-32)31-24-26(34)30(20-15-17(2)9-10-19(20)4)13-7-12-29(24)22(25(31)33)23-27(35)36-14-8-11-28(23,5)37-29/h7-12,15,18,21-24,32H,6,13-14,16H2,1-5H3/t18-,21-,22-,23+,24?,28-,29-/m0/s1. The average molecular weight is 525 g/mol. The van der Waals surface area contributed by atoms with Crippen LogP contribution < -0.4 is 4.90 Å². The van der Waals surface area contributed by atoms with Gasteiger partial charge in [-0.2, -0.15) is 0 Å². The van der Waals surface area contributed by atoms with Crippen molar-refractivity contribution in [3.63, 3.8) is 0 Å². The normalized spacial score (nSPS) is 34.4. The number of rotatable bonds is 5. The number of carbonyl (C=O) groups excluding carboxylic acids is 3. The highest BCUT2D eigenvalue weighted by Gasteiger charge is 2.74. The molecule has 0 radical (unpaired) electrons. The molecule has 2 saturated heterocycles. The molecule has 4 heterocycles. The second-order valence-electron chi connectivity index (χ2n) is 11.1. The van der Waals surface area contributed by atoms with Crippen molar-refractivity contribution in [1.82, 2.24) is 4.90 Å². The molecule has 7 nitrogen and oxygen atoms in total. The molecule has 0 bridgehead atoms. The summed E-state index contributed by atoms with van der Waals surface area (Å²) < 4.78 is 3.86. The summed E-state index contributed by atoms with van der Waals surface area (Å²) in [7, 11) is 0. The summed E-state index contributed by atoms with van der Waals surface area (Å²) in [6.07, 6.45) is 8.51. The van der Waals surface area contributed by atoms with Crippen molar-refractivity contribution in [2.24, 2.45) is 17.8 Å². The number of likely N-dealkylation sites (tertiary alicyclic amines) is 1. The lowest BCUT2D eigenvalue weighted by atomic mass is 9.75. The van der Waals surface area contributed by atoms with Crippen molar-refractivity contribution in [3.8, 4) is 0 Å². The minimum atomic E-state index is -0.957. The van der Waals surface area contributed by atoms with Gasteiger partial charge in [-0.25, -0.2) is 0 Å². The highest BCUT2D eigenvalue weighted by molar-refractivity contribution is 8.02. The van der Waals surface area contributed by atoms with Crippen LogP contribution in [0.1, 0.15) is 38.3 Å². The molecule has 1 aromatic rings. The number of hydrogen-bond donors (Lipinski definition) is 1. The van der Waals surface area contributed by atoms with Gasteiger partial charge >= 0.3 is 5.97 Å². The number of nitrogens with zero attached hydrogens (tertiary/aromatic N) is 2. The molecule has 2 fully saturated rings. The van der Waals surface area contributed by atoms with E-state index in [2.05, 4.69) is 0 Å². The SMILES string of the molecule is CC[C@H](C)[C@H](CO)N1C(=O)[C@@H]2[C@@H]3C(=O)OCC=C[C@]3(C)S[C@@]23C=CCN(c2cc(C)ccc2C)C(=O)C13. The topological polar surface area (TPSA) is 87.2 Å². The van der Waals surface area contributed by atoms with Crippen LogP contribution in [-0.2, 0) is 19.1 Å². The molecule has 0 saturated carbocycles. The van der Waals surface area contributed by atoms with Crippen molar-refractivity contribution in [3.05, 3.63) is 53.6 Å². The third-order valence-electron chi connectivity index (χ3n) is 8.75. The molecule has 4 aliphatic heterocycles. The first-order valence-corrected chi connectivity index (χ1v) is 13.9. The molecule has 4 aliphatic rings. The van der Waals surface area contributed by atoms with Gasteiger partial charge in [-0.3, -0.25) is 14.4 Å². The first-order valence-electron chi connectivity index (χ1n) is 13.1. The zero-order valence-corrected chi connectivity index (χ0v) is 23.0. The quantitative estimate of drug-likeness (QED) is 0.469. The summed E-state index contributed by atoms with van der Waals surface area (Å²) in [5.41, 5.74) is 2.83. The van der Waals surface area contributed by atoms with E-state index < -0.39 is 39.4 Å². The van der Waals surface area contributed by atoms with Crippen molar-refractivity contribution >= 4 is 35.2 Å². The van der Waals surface area contributed by atoms with Gasteiger partial charge in [-0.05, 0) is 50.0 Å². The van der Waals surface area contributed by atoms with Gasteiger partial charge < -0.3 is 19.6 Å². The van der Waals surface area contributed by atoms with Crippen LogP contribution in [-0.4, -0.2) is 69.1 Å². The highest BCUT2D eigenvalue weighted by Crippen LogP contribution is 2.66. The largest absolute Gasteiger partial charge is 0.461 e. The van der Waals surface area contributed by atoms with Gasteiger partial charge in [0.25, 0.3) is 5.91 Å². The molecule has 2 amide bonds. The zero-order chi connectivity index (χ0) is 26.7. The number of benzene rings is 1. The number of aliphatic hydroxyl groups is 1. The average Bonchev–Trinajstić information content (AvgIpc) is 3.12. The Hall–Kier alpha value is -2.58. The number of anilines is 1. The summed E-state index contributed by atoms with van der Waals surface area (Å²) in [6.45, 7) is 10.2. The Kier molecular flexibility index (Phi) is 6.55. The Balaban J connectivity index is 1.71. The molecule has 8 heteroatoms. The van der Waals surface area contributed by atoms with Crippen LogP contribution in [0.15, 0.2) is 42.5 Å². The van der Waals surface area contributed by atoms with Gasteiger partial charge in [0, 0.05) is 17.0 Å². The lowest BCUT2D eigenvalue weighted by molar-refractivity contribution is -0.153. The Morgan fingerprint density at radius 2 is 1.89 bits per heavy atom. The predicted octanol–water partition coefficient (Wildman–Crippen LogP) is 3.41. The Bertz CT molecular complexity index is 1200. The molecule has 5 rings (SSSR count). The van der Waals surface area contributed by atoms with E-state index in [1.165, 1.54) is 11.8 Å². The molecule has 1 aromatic carbocycles. The Labute approximate surface area is 222 Å². The first-order chi connectivity index (χ1) is 17.6. The maximum absolute atomic E-state index is 14.6. The number of amides is 2. The zero-order valence-electron chi connectivity index (χ0n) is 22.1. The van der Waals surface area contributed by atoms with Crippen LogP contribution in [0.2, 0.25) is 0 Å². The maximum Gasteiger partial charge on any atom is 0.311 e. The second-order valence-corrected chi connectivity index (χ2v) is 12.8. The van der Waals surface area contributed by atoms with Crippen LogP contribution in [0.5, 0.6) is 0 Å². The maximum atomic E-state index is 14.6. The van der Waals surface area contributed by atoms with E-state index in [1.54, 1.807) is 9.80 Å². The molecule has 1 unspecified atom stereocenters. The third kappa shape index (κ3) is 3.78. The van der Waals surface area contributed by atoms with Crippen LogP contribution in [0.4, 0.5) is 5.69 Å². The molecule has 0 aromatic heterocycles. The monoisotopic (exact) mass is 524 g/mol. The predicted molar refractivity (Wildman–Crippen MR) is 144 cm³/mol. The van der Waals surface area contributed by atoms with Crippen molar-refractivity contribution in [2.75, 3.05) is 24.7 Å². The summed E-state index contributed by atoms with van der Waals surface area (Å²) in [4.78, 5) is 45.8. The van der Waals surface area contributed by atoms with Gasteiger partial charge in [0.2, 0.25) is 5.91 Å². The fourth-order valence-corrected chi connectivity index (χ4v) is 8.83. The number of fused-ring (bicyclic) bond motifs is 2. The Morgan fingerprint density at radius 3 is 2.59 bits per heavy atom. The molecule has 37 heavy (non-hydrogen) atoms. The van der Waals surface area contributed by atoms with Crippen LogP contribution >= 0.6 is 11.8 Å². The van der Waals surface area contributed by atoms with Gasteiger partial charge in [0.05, 0.1) is 29.2 Å². The van der Waals surface area contributed by atoms with Crippen LogP contribution in [0.3, 0.4) is 0 Å². The Morgan fingerprint density at radius 1 is 1.14 bits per heavy atom. The second kappa shape index (κ2) is 9.31. The lowest BCUT2D eigenvalue weighted by Gasteiger charge is -2.41. The lowest BCUT2D eigenvalue weighted by Crippen LogP contribution is -2.58. The third-order valence-corrected chi connectivity index (χ3v) is 10.5. The summed E-state index contributed by atoms with van der Waals surface area (Å²) in [6, 6.07) is 4.63. The van der Waals surface area contributed by atoms with Gasteiger partial charge in [0.15, 0.2) is 0 Å². The fourth-order valence-electron chi connectivity index (χ4n) is 6.69. The van der Waals surface area contributed by atoms with E-state index in [1.807, 2.05) is 77.1 Å². The molecule has 0 aliphatic carbocycles. The molecular formula is C29H36N2O5S. The fraction of sp³-hybridized carbons (Fsp3) is 0.552. The van der Waals surface area contributed by atoms with E-state index in [0.29, 0.717) is 6.54 Å². The molecule has 198 valence electrons. The molecule has 7 atom stereocenters. The van der Waals surface area contributed by atoms with E-state index in [4.69, 9.17) is 4.74 Å². The number of hydrogen-bond acceptors (Lipinski definition) is 6. The number of carbonyl (C=O) groups is 3. The number of aliphatic hydroxyl groups excluding tert-OH is 1. The smallest absolute Gasteiger partial charge is 0.311 e. The van der Waals surface area contributed by atoms with Crippen molar-refractivity contribution in [2.45, 2.75) is 62.6 Å². The number of aryl methyl sites for hydroxylation is 2. The van der Waals surface area contributed by atoms with Gasteiger partial charge in [-0.15, -0.1) is 11.8 Å². The van der Waals surface area contributed by atoms with Gasteiger partial charge in [0.1, 0.15) is 12.6 Å². The molecular weight excluding hydrogens is 488 g/mol. The van der Waals surface area contributed by atoms with Gasteiger partial charge in [-0.1, -0.05) is 50.6 Å². The summed E-state index contributed by atoms with van der Waals surface area (Å²) in [5.74, 6) is -2.36. The number of cyclic esters (lactones) is 1. The van der Waals surface area contributed by atoms with E-state index in [-0.39, 0.29) is 30.9 Å². The minimum Gasteiger partial charge on any atom is -0.461 e. The van der Waals surface area contributed by atoms with E-state index in [0.717, 1.165) is 23.2 Å². The van der Waals surface area contributed by atoms with Crippen molar-refractivity contribution < 1.29 is 24.2 Å². The van der Waals surface area contributed by atoms with E-state index in [9.17, 15) is 19.5 Å². The number of ether oxygens (including phenoxy) is 1. The van der Waals surface area contributed by atoms with Crippen LogP contribution in [0.25, 0.3) is 0 Å².